The summed E-state index contributed by atoms with van der Waals surface area (Å²) in [5, 5.41) is 11.4. The summed E-state index contributed by atoms with van der Waals surface area (Å²) < 4.78 is 26.6. The van der Waals surface area contributed by atoms with Gasteiger partial charge in [0.05, 0.1) is 19.4 Å². The van der Waals surface area contributed by atoms with Crippen LogP contribution in [-0.2, 0) is 0 Å². The van der Waals surface area contributed by atoms with Gasteiger partial charge in [-0.15, -0.1) is 0 Å². The van der Waals surface area contributed by atoms with Crippen LogP contribution in [0.5, 0.6) is 11.5 Å². The van der Waals surface area contributed by atoms with Crippen molar-refractivity contribution in [2.24, 2.45) is 11.0 Å². The van der Waals surface area contributed by atoms with Crippen LogP contribution < -0.4 is 9.47 Å². The molecule has 0 saturated heterocycles. The first-order valence-corrected chi connectivity index (χ1v) is 9.76. The Bertz CT molecular complexity index is 1040. The number of nitrogens with one attached hydrogen (secondary N) is 1. The Hall–Kier alpha value is -3.00. The molecule has 29 heavy (non-hydrogen) atoms. The number of ether oxygens (including phenoxy) is 2. The van der Waals surface area contributed by atoms with Gasteiger partial charge < -0.3 is 9.47 Å². The Balaban J connectivity index is 1.88. The molecular weight excluding hydrogens is 391 g/mol. The fourth-order valence-electron chi connectivity index (χ4n) is 2.56. The molecule has 0 aliphatic carbocycles. The van der Waals surface area contributed by atoms with E-state index in [0.717, 1.165) is 5.56 Å². The van der Waals surface area contributed by atoms with Crippen molar-refractivity contribution in [3.05, 3.63) is 58.6 Å². The van der Waals surface area contributed by atoms with Crippen LogP contribution in [0.2, 0.25) is 0 Å². The summed E-state index contributed by atoms with van der Waals surface area (Å²) in [6.45, 7) is 7.24. The second-order valence-corrected chi connectivity index (χ2v) is 7.15. The summed E-state index contributed by atoms with van der Waals surface area (Å²) in [6.07, 6.45) is 1.66. The molecular formula is C21H23FN4O2S. The van der Waals surface area contributed by atoms with Crippen molar-refractivity contribution in [2.45, 2.75) is 20.8 Å². The molecule has 8 heteroatoms. The molecule has 0 fully saturated rings. The average molecular weight is 415 g/mol. The Labute approximate surface area is 174 Å². The third kappa shape index (κ3) is 5.29. The van der Waals surface area contributed by atoms with Gasteiger partial charge in [0.25, 0.3) is 0 Å². The highest BCUT2D eigenvalue weighted by Gasteiger charge is 2.10. The summed E-state index contributed by atoms with van der Waals surface area (Å²) in [4.78, 5) is 0. The van der Waals surface area contributed by atoms with Gasteiger partial charge in [-0.05, 0) is 73.1 Å². The van der Waals surface area contributed by atoms with E-state index in [-0.39, 0.29) is 5.82 Å². The van der Waals surface area contributed by atoms with E-state index in [9.17, 15) is 4.39 Å². The number of hydrogen-bond donors (Lipinski definition) is 1. The Morgan fingerprint density at radius 1 is 1.17 bits per heavy atom. The molecule has 0 amide bonds. The molecule has 0 unspecified atom stereocenters. The molecule has 1 heterocycles. The van der Waals surface area contributed by atoms with E-state index >= 15 is 0 Å². The Kier molecular flexibility index (Phi) is 6.77. The van der Waals surface area contributed by atoms with Crippen LogP contribution in [0.25, 0.3) is 11.4 Å². The first kappa shape index (κ1) is 20.7. The minimum absolute atomic E-state index is 0.318. The van der Waals surface area contributed by atoms with Crippen molar-refractivity contribution in [3.63, 3.8) is 0 Å². The zero-order valence-electron chi connectivity index (χ0n) is 16.6. The lowest BCUT2D eigenvalue weighted by Crippen LogP contribution is -2.06. The molecule has 0 spiro atoms. The quantitative estimate of drug-likeness (QED) is 0.413. The number of nitrogens with zero attached hydrogens (tertiary/aromatic N) is 3. The smallest absolute Gasteiger partial charge is 0.216 e. The maximum Gasteiger partial charge on any atom is 0.216 e. The minimum Gasteiger partial charge on any atom is -0.490 e. The molecule has 152 valence electrons. The molecule has 2 aromatic carbocycles. The zero-order valence-corrected chi connectivity index (χ0v) is 17.4. The summed E-state index contributed by atoms with van der Waals surface area (Å²) in [5.41, 5.74) is 1.52. The lowest BCUT2D eigenvalue weighted by molar-refractivity contribution is 0.248. The number of benzene rings is 2. The number of halogens is 1. The van der Waals surface area contributed by atoms with E-state index in [2.05, 4.69) is 29.1 Å². The normalized spacial score (nSPS) is 11.3. The number of aromatic amines is 1. The monoisotopic (exact) mass is 414 g/mol. The van der Waals surface area contributed by atoms with Gasteiger partial charge in [-0.2, -0.15) is 14.9 Å². The van der Waals surface area contributed by atoms with E-state index in [1.165, 1.54) is 16.8 Å². The van der Waals surface area contributed by atoms with Gasteiger partial charge in [-0.3, -0.25) is 0 Å². The highest BCUT2D eigenvalue weighted by Crippen LogP contribution is 2.28. The van der Waals surface area contributed by atoms with Crippen LogP contribution in [-0.4, -0.2) is 34.3 Å². The second kappa shape index (κ2) is 9.47. The van der Waals surface area contributed by atoms with Crippen molar-refractivity contribution in [3.8, 4) is 22.9 Å². The SMILES string of the molecule is CCOc1cc(/C=N\n2c(-c3ccc(F)cc3)n[nH]c2=S)ccc1OCC(C)C. The van der Waals surface area contributed by atoms with Crippen LogP contribution >= 0.6 is 12.2 Å². The number of hydrogen-bond acceptors (Lipinski definition) is 5. The Morgan fingerprint density at radius 3 is 2.62 bits per heavy atom. The second-order valence-electron chi connectivity index (χ2n) is 6.76. The van der Waals surface area contributed by atoms with Crippen molar-refractivity contribution in [1.82, 2.24) is 14.9 Å². The number of aromatic nitrogens is 3. The fraction of sp³-hybridized carbons (Fsp3) is 0.286. The average Bonchev–Trinajstić information content (AvgIpc) is 3.07. The maximum absolute atomic E-state index is 13.2. The van der Waals surface area contributed by atoms with E-state index in [0.29, 0.717) is 46.8 Å². The molecule has 0 aliphatic rings. The zero-order chi connectivity index (χ0) is 20.8. The highest BCUT2D eigenvalue weighted by molar-refractivity contribution is 7.71. The van der Waals surface area contributed by atoms with Crippen molar-refractivity contribution >= 4 is 18.4 Å². The molecule has 6 nitrogen and oxygen atoms in total. The first-order chi connectivity index (χ1) is 14.0. The van der Waals surface area contributed by atoms with Crippen molar-refractivity contribution < 1.29 is 13.9 Å². The van der Waals surface area contributed by atoms with E-state index in [4.69, 9.17) is 21.7 Å². The maximum atomic E-state index is 13.2. The third-order valence-electron chi connectivity index (χ3n) is 3.91. The molecule has 0 aliphatic heterocycles. The van der Waals surface area contributed by atoms with Crippen molar-refractivity contribution in [1.29, 1.82) is 0 Å². The third-order valence-corrected chi connectivity index (χ3v) is 4.18. The molecule has 0 bridgehead atoms. The lowest BCUT2D eigenvalue weighted by atomic mass is 10.2. The number of rotatable bonds is 8. The molecule has 0 atom stereocenters. The molecule has 0 saturated carbocycles. The van der Waals surface area contributed by atoms with Crippen LogP contribution in [0.1, 0.15) is 26.3 Å². The molecule has 3 rings (SSSR count). The van der Waals surface area contributed by atoms with Gasteiger partial charge in [0, 0.05) is 5.56 Å². The minimum atomic E-state index is -0.318. The molecule has 0 radical (unpaired) electrons. The standard InChI is InChI=1S/C21H23FN4O2S/c1-4-27-19-11-15(5-10-18(19)28-13-14(2)3)12-23-26-20(24-25-21(26)29)16-6-8-17(22)9-7-16/h5-12,14H,4,13H2,1-3H3,(H,25,29)/b23-12-. The van der Waals surface area contributed by atoms with E-state index in [1.54, 1.807) is 18.3 Å². The largest absolute Gasteiger partial charge is 0.490 e. The van der Waals surface area contributed by atoms with Crippen LogP contribution in [0, 0.1) is 16.5 Å². The van der Waals surface area contributed by atoms with Gasteiger partial charge in [-0.25, -0.2) is 9.49 Å². The lowest BCUT2D eigenvalue weighted by Gasteiger charge is -2.13. The summed E-state index contributed by atoms with van der Waals surface area (Å²) >= 11 is 5.27. The fourth-order valence-corrected chi connectivity index (χ4v) is 2.74. The predicted molar refractivity (Wildman–Crippen MR) is 114 cm³/mol. The topological polar surface area (TPSA) is 64.4 Å². The summed E-state index contributed by atoms with van der Waals surface area (Å²) in [6, 6.07) is 11.6. The predicted octanol–water partition coefficient (Wildman–Crippen LogP) is 5.06. The first-order valence-electron chi connectivity index (χ1n) is 9.35. The number of H-pyrrole nitrogens is 1. The van der Waals surface area contributed by atoms with E-state index < -0.39 is 0 Å². The van der Waals surface area contributed by atoms with Crippen LogP contribution in [0.4, 0.5) is 4.39 Å². The Morgan fingerprint density at radius 2 is 1.93 bits per heavy atom. The van der Waals surface area contributed by atoms with Crippen LogP contribution in [0.3, 0.4) is 0 Å². The summed E-state index contributed by atoms with van der Waals surface area (Å²) in [7, 11) is 0. The highest BCUT2D eigenvalue weighted by atomic mass is 32.1. The van der Waals surface area contributed by atoms with Gasteiger partial charge >= 0.3 is 0 Å². The van der Waals surface area contributed by atoms with Gasteiger partial charge in [0.15, 0.2) is 17.3 Å². The van der Waals surface area contributed by atoms with Crippen molar-refractivity contribution in [2.75, 3.05) is 13.2 Å². The summed E-state index contributed by atoms with van der Waals surface area (Å²) in [5.74, 6) is 1.95. The molecule has 1 aromatic heterocycles. The van der Waals surface area contributed by atoms with E-state index in [1.807, 2.05) is 25.1 Å². The van der Waals surface area contributed by atoms with Crippen LogP contribution in [0.15, 0.2) is 47.6 Å². The van der Waals surface area contributed by atoms with Gasteiger partial charge in [0.2, 0.25) is 4.77 Å². The van der Waals surface area contributed by atoms with Gasteiger partial charge in [0.1, 0.15) is 5.82 Å². The molecule has 1 N–H and O–H groups in total. The van der Waals surface area contributed by atoms with Gasteiger partial charge in [-0.1, -0.05) is 13.8 Å². The molecule has 3 aromatic rings.